The van der Waals surface area contributed by atoms with Crippen molar-refractivity contribution in [3.05, 3.63) is 82.7 Å². The summed E-state index contributed by atoms with van der Waals surface area (Å²) in [6.45, 7) is 1.14. The van der Waals surface area contributed by atoms with Gasteiger partial charge in [-0.05, 0) is 60.5 Å². The molecule has 0 unspecified atom stereocenters. The summed E-state index contributed by atoms with van der Waals surface area (Å²) in [4.78, 5) is 16.9. The van der Waals surface area contributed by atoms with E-state index in [0.717, 1.165) is 12.1 Å². The highest BCUT2D eigenvalue weighted by Gasteiger charge is 2.14. The topological polar surface area (TPSA) is 71.5 Å². The van der Waals surface area contributed by atoms with E-state index in [1.165, 1.54) is 30.3 Å². The van der Waals surface area contributed by atoms with Gasteiger partial charge in [-0.25, -0.2) is 18.2 Å². The summed E-state index contributed by atoms with van der Waals surface area (Å²) in [5.74, 6) is 3.72. The Morgan fingerprint density at radius 3 is 2.58 bits per heavy atom. The van der Waals surface area contributed by atoms with Crippen molar-refractivity contribution in [2.75, 3.05) is 19.9 Å². The molecule has 2 aromatic carbocycles. The highest BCUT2D eigenvalue weighted by Crippen LogP contribution is 2.33. The SMILES string of the molecule is Cc1cc(C#CCOCCF)cc(C(=O)NCc2ccc(F)cc2-c2cc(F)ccc2O)n1. The average molecular weight is 454 g/mol. The van der Waals surface area contributed by atoms with Gasteiger partial charge in [-0.2, -0.15) is 0 Å². The van der Waals surface area contributed by atoms with Crippen molar-refractivity contribution in [1.82, 2.24) is 10.3 Å². The Balaban J connectivity index is 1.78. The molecule has 0 spiro atoms. The van der Waals surface area contributed by atoms with Gasteiger partial charge >= 0.3 is 0 Å². The Bertz CT molecular complexity index is 1220. The van der Waals surface area contributed by atoms with Gasteiger partial charge in [0.2, 0.25) is 0 Å². The number of ether oxygens (including phenoxy) is 1. The second-order valence-electron chi connectivity index (χ2n) is 7.07. The summed E-state index contributed by atoms with van der Waals surface area (Å²) in [7, 11) is 0. The number of hydrogen-bond acceptors (Lipinski definition) is 4. The lowest BCUT2D eigenvalue weighted by atomic mass is 9.98. The van der Waals surface area contributed by atoms with Gasteiger partial charge in [0, 0.05) is 23.4 Å². The number of pyridine rings is 1. The Morgan fingerprint density at radius 1 is 1.09 bits per heavy atom. The lowest BCUT2D eigenvalue weighted by Gasteiger charge is -2.13. The molecule has 0 aliphatic rings. The number of halogens is 3. The Morgan fingerprint density at radius 2 is 1.82 bits per heavy atom. The van der Waals surface area contributed by atoms with Gasteiger partial charge in [0.25, 0.3) is 5.91 Å². The van der Waals surface area contributed by atoms with Crippen LogP contribution in [0.2, 0.25) is 0 Å². The second-order valence-corrected chi connectivity index (χ2v) is 7.07. The van der Waals surface area contributed by atoms with Crippen molar-refractivity contribution in [3.63, 3.8) is 0 Å². The van der Waals surface area contributed by atoms with Gasteiger partial charge in [-0.15, -0.1) is 0 Å². The molecule has 1 heterocycles. The Hall–Kier alpha value is -3.83. The van der Waals surface area contributed by atoms with Crippen molar-refractivity contribution in [2.24, 2.45) is 0 Å². The van der Waals surface area contributed by atoms with E-state index in [-0.39, 0.29) is 42.3 Å². The highest BCUT2D eigenvalue weighted by molar-refractivity contribution is 5.92. The molecule has 0 saturated heterocycles. The zero-order valence-electron chi connectivity index (χ0n) is 17.8. The fraction of sp³-hybridized carbons (Fsp3) is 0.200. The smallest absolute Gasteiger partial charge is 0.270 e. The van der Waals surface area contributed by atoms with Gasteiger partial charge in [0.05, 0.1) is 6.61 Å². The zero-order chi connectivity index (χ0) is 23.8. The maximum Gasteiger partial charge on any atom is 0.270 e. The number of nitrogens with one attached hydrogen (secondary N) is 1. The molecule has 2 N–H and O–H groups in total. The van der Waals surface area contributed by atoms with Gasteiger partial charge < -0.3 is 15.2 Å². The first-order chi connectivity index (χ1) is 15.9. The quantitative estimate of drug-likeness (QED) is 0.412. The van der Waals surface area contributed by atoms with E-state index in [4.69, 9.17) is 4.74 Å². The van der Waals surface area contributed by atoms with Crippen LogP contribution < -0.4 is 5.32 Å². The van der Waals surface area contributed by atoms with E-state index >= 15 is 0 Å². The maximum atomic E-state index is 13.9. The molecule has 0 bridgehead atoms. The largest absolute Gasteiger partial charge is 0.507 e. The van der Waals surface area contributed by atoms with Crippen molar-refractivity contribution >= 4 is 5.91 Å². The van der Waals surface area contributed by atoms with Crippen LogP contribution in [0.3, 0.4) is 0 Å². The average Bonchev–Trinajstić information content (AvgIpc) is 2.79. The summed E-state index contributed by atoms with van der Waals surface area (Å²) < 4.78 is 44.6. The molecule has 3 rings (SSSR count). The van der Waals surface area contributed by atoms with E-state index in [9.17, 15) is 23.1 Å². The maximum absolute atomic E-state index is 13.9. The van der Waals surface area contributed by atoms with E-state index in [1.54, 1.807) is 13.0 Å². The number of rotatable bonds is 7. The third kappa shape index (κ3) is 6.57. The van der Waals surface area contributed by atoms with Crippen LogP contribution in [0.15, 0.2) is 48.5 Å². The zero-order valence-corrected chi connectivity index (χ0v) is 17.8. The van der Waals surface area contributed by atoms with Crippen LogP contribution in [0.5, 0.6) is 5.75 Å². The molecule has 0 atom stereocenters. The van der Waals surface area contributed by atoms with Crippen molar-refractivity contribution < 1.29 is 27.8 Å². The van der Waals surface area contributed by atoms with Crippen molar-refractivity contribution in [1.29, 1.82) is 0 Å². The van der Waals surface area contributed by atoms with Crippen LogP contribution in [-0.4, -0.2) is 35.9 Å². The number of aryl methyl sites for hydroxylation is 1. The molecular weight excluding hydrogens is 433 g/mol. The summed E-state index contributed by atoms with van der Waals surface area (Å²) in [6.07, 6.45) is 0. The van der Waals surface area contributed by atoms with E-state index in [2.05, 4.69) is 22.1 Å². The number of aromatic nitrogens is 1. The van der Waals surface area contributed by atoms with Gasteiger partial charge in [0.15, 0.2) is 0 Å². The molecule has 33 heavy (non-hydrogen) atoms. The number of benzene rings is 2. The predicted molar refractivity (Wildman–Crippen MR) is 117 cm³/mol. The summed E-state index contributed by atoms with van der Waals surface area (Å²) in [6, 6.07) is 10.4. The molecule has 0 aliphatic carbocycles. The normalized spacial score (nSPS) is 10.4. The monoisotopic (exact) mass is 454 g/mol. The third-order valence-electron chi connectivity index (χ3n) is 4.57. The summed E-state index contributed by atoms with van der Waals surface area (Å²) in [5.41, 5.74) is 2.08. The molecule has 3 aromatic rings. The van der Waals surface area contributed by atoms with E-state index < -0.39 is 24.2 Å². The Kier molecular flexibility index (Phi) is 8.06. The van der Waals surface area contributed by atoms with Crippen molar-refractivity contribution in [2.45, 2.75) is 13.5 Å². The minimum Gasteiger partial charge on any atom is -0.507 e. The number of alkyl halides is 1. The van der Waals surface area contributed by atoms with Crippen LogP contribution in [0.4, 0.5) is 13.2 Å². The van der Waals surface area contributed by atoms with E-state index in [0.29, 0.717) is 16.8 Å². The van der Waals surface area contributed by atoms with Gasteiger partial charge in [-0.3, -0.25) is 4.79 Å². The van der Waals surface area contributed by atoms with Gasteiger partial charge in [0.1, 0.15) is 36.4 Å². The minimum absolute atomic E-state index is 0.0158. The standard InChI is InChI=1S/C25H21F3N2O3/c1-16-11-17(3-2-9-33-10-8-26)12-23(30-16)25(32)29-15-18-4-5-19(27)13-21(18)22-14-20(28)6-7-24(22)31/h4-7,11-14,31H,8-10,15H2,1H3,(H,29,32). The number of phenols is 1. The molecule has 0 radical (unpaired) electrons. The molecule has 0 fully saturated rings. The summed E-state index contributed by atoms with van der Waals surface area (Å²) >= 11 is 0. The summed E-state index contributed by atoms with van der Waals surface area (Å²) in [5, 5.41) is 12.8. The second kappa shape index (κ2) is 11.2. The first kappa shape index (κ1) is 23.8. The molecule has 1 aromatic heterocycles. The lowest BCUT2D eigenvalue weighted by molar-refractivity contribution is 0.0945. The van der Waals surface area contributed by atoms with Crippen LogP contribution >= 0.6 is 0 Å². The minimum atomic E-state index is -0.588. The fourth-order valence-corrected chi connectivity index (χ4v) is 3.12. The number of nitrogens with zero attached hydrogens (tertiary/aromatic N) is 1. The van der Waals surface area contributed by atoms with Crippen LogP contribution in [0.25, 0.3) is 11.1 Å². The Labute approximate surface area is 189 Å². The predicted octanol–water partition coefficient (Wildman–Crippen LogP) is 4.31. The molecule has 8 heteroatoms. The number of hydrogen-bond donors (Lipinski definition) is 2. The van der Waals surface area contributed by atoms with Crippen LogP contribution in [0.1, 0.15) is 27.3 Å². The van der Waals surface area contributed by atoms with E-state index in [1.807, 2.05) is 0 Å². The molecule has 170 valence electrons. The molecule has 0 saturated carbocycles. The number of amides is 1. The first-order valence-corrected chi connectivity index (χ1v) is 10.0. The van der Waals surface area contributed by atoms with Crippen LogP contribution in [0, 0.1) is 30.4 Å². The van der Waals surface area contributed by atoms with Gasteiger partial charge in [-0.1, -0.05) is 17.9 Å². The van der Waals surface area contributed by atoms with Crippen LogP contribution in [-0.2, 0) is 11.3 Å². The fourth-order valence-electron chi connectivity index (χ4n) is 3.12. The molecule has 1 amide bonds. The number of phenolic OH excluding ortho intramolecular Hbond substituents is 1. The molecular formula is C25H21F3N2O3. The lowest BCUT2D eigenvalue weighted by Crippen LogP contribution is -2.24. The molecule has 0 aliphatic heterocycles. The molecule has 5 nitrogen and oxygen atoms in total. The third-order valence-corrected chi connectivity index (χ3v) is 4.57. The number of carbonyl (C=O) groups is 1. The number of carbonyl (C=O) groups excluding carboxylic acids is 1. The number of aromatic hydroxyl groups is 1. The first-order valence-electron chi connectivity index (χ1n) is 10.0. The highest BCUT2D eigenvalue weighted by atomic mass is 19.1. The van der Waals surface area contributed by atoms with Crippen molar-refractivity contribution in [3.8, 4) is 28.7 Å².